The Morgan fingerprint density at radius 1 is 0.938 bits per heavy atom. The minimum absolute atomic E-state index is 0.152. The molecule has 0 spiro atoms. The molecule has 0 aromatic heterocycles. The summed E-state index contributed by atoms with van der Waals surface area (Å²) >= 11 is 0. The number of rotatable bonds is 10. The molecule has 32 heavy (non-hydrogen) atoms. The fourth-order valence-electron chi connectivity index (χ4n) is 3.58. The Bertz CT molecular complexity index is 1110. The molecule has 1 heterocycles. The van der Waals surface area contributed by atoms with Crippen molar-refractivity contribution in [3.05, 3.63) is 60.2 Å². The van der Waals surface area contributed by atoms with Crippen LogP contribution in [0, 0.1) is 0 Å². The summed E-state index contributed by atoms with van der Waals surface area (Å²) in [4.78, 5) is 12.7. The van der Waals surface area contributed by atoms with Gasteiger partial charge in [0.1, 0.15) is 0 Å². The van der Waals surface area contributed by atoms with E-state index in [1.807, 2.05) is 0 Å². The Hall–Kier alpha value is -2.27. The Kier molecular flexibility index (Phi) is 8.05. The fourth-order valence-corrected chi connectivity index (χ4v) is 6.52. The lowest BCUT2D eigenvalue weighted by atomic mass is 10.1. The molecule has 1 aliphatic heterocycles. The molecule has 1 saturated heterocycles. The maximum Gasteiger partial charge on any atom is 0.243 e. The van der Waals surface area contributed by atoms with Crippen LogP contribution in [0.25, 0.3) is 0 Å². The molecule has 0 atom stereocenters. The number of nitrogens with one attached hydrogen (secondary N) is 1. The number of nitrogens with zero attached hydrogens (tertiary/aromatic N) is 2. The predicted octanol–water partition coefficient (Wildman–Crippen LogP) is 1.84. The van der Waals surface area contributed by atoms with E-state index in [1.165, 1.54) is 16.4 Å². The number of sulfonamides is 2. The zero-order chi connectivity index (χ0) is 23.2. The maximum absolute atomic E-state index is 12.7. The molecule has 1 amide bonds. The third-order valence-corrected chi connectivity index (χ3v) is 9.26. The summed E-state index contributed by atoms with van der Waals surface area (Å²) in [5, 5.41) is 2.74. The molecule has 0 bridgehead atoms. The lowest BCUT2D eigenvalue weighted by Crippen LogP contribution is -2.41. The molecule has 10 heteroatoms. The van der Waals surface area contributed by atoms with Crippen LogP contribution in [0.4, 0.5) is 0 Å². The van der Waals surface area contributed by atoms with E-state index in [2.05, 4.69) is 5.32 Å². The largest absolute Gasteiger partial charge is 0.355 e. The van der Waals surface area contributed by atoms with E-state index < -0.39 is 20.0 Å². The molecule has 1 N–H and O–H groups in total. The highest BCUT2D eigenvalue weighted by molar-refractivity contribution is 7.89. The number of carbonyl (C=O) groups is 1. The first-order chi connectivity index (χ1) is 15.2. The van der Waals surface area contributed by atoms with Gasteiger partial charge in [0.25, 0.3) is 0 Å². The highest BCUT2D eigenvalue weighted by Crippen LogP contribution is 2.21. The Labute approximate surface area is 190 Å². The van der Waals surface area contributed by atoms with E-state index >= 15 is 0 Å². The average molecular weight is 480 g/mol. The van der Waals surface area contributed by atoms with E-state index in [4.69, 9.17) is 0 Å². The number of benzene rings is 2. The lowest BCUT2D eigenvalue weighted by molar-refractivity contribution is -0.121. The van der Waals surface area contributed by atoms with Gasteiger partial charge in [0.15, 0.2) is 0 Å². The molecule has 2 aromatic rings. The second-order valence-electron chi connectivity index (χ2n) is 7.60. The monoisotopic (exact) mass is 479 g/mol. The van der Waals surface area contributed by atoms with Crippen molar-refractivity contribution in [2.24, 2.45) is 0 Å². The van der Waals surface area contributed by atoms with Crippen LogP contribution in [-0.2, 0) is 31.3 Å². The summed E-state index contributed by atoms with van der Waals surface area (Å²) in [7, 11) is -7.18. The van der Waals surface area contributed by atoms with E-state index in [1.54, 1.807) is 49.4 Å². The molecule has 1 fully saturated rings. The van der Waals surface area contributed by atoms with Crippen LogP contribution in [0.5, 0.6) is 0 Å². The average Bonchev–Trinajstić information content (AvgIpc) is 3.34. The molecular formula is C22H29N3O5S2. The minimum atomic E-state index is -3.74. The van der Waals surface area contributed by atoms with Gasteiger partial charge in [0.2, 0.25) is 26.0 Å². The summed E-state index contributed by atoms with van der Waals surface area (Å²) in [5.74, 6) is -0.389. The molecule has 0 saturated carbocycles. The van der Waals surface area contributed by atoms with Crippen LogP contribution in [0.15, 0.2) is 64.4 Å². The number of carbonyl (C=O) groups excluding carboxylic acids is 1. The third kappa shape index (κ3) is 5.74. The van der Waals surface area contributed by atoms with Gasteiger partial charge in [-0.3, -0.25) is 4.79 Å². The van der Waals surface area contributed by atoms with Gasteiger partial charge in [-0.25, -0.2) is 16.8 Å². The van der Waals surface area contributed by atoms with Crippen molar-refractivity contribution in [2.75, 3.05) is 32.7 Å². The molecule has 0 unspecified atom stereocenters. The molecule has 8 nitrogen and oxygen atoms in total. The zero-order valence-corrected chi connectivity index (χ0v) is 19.7. The smallest absolute Gasteiger partial charge is 0.243 e. The molecule has 0 aliphatic carbocycles. The molecular weight excluding hydrogens is 450 g/mol. The van der Waals surface area contributed by atoms with Crippen LogP contribution in [0.1, 0.15) is 25.3 Å². The van der Waals surface area contributed by atoms with Gasteiger partial charge in [0.05, 0.1) is 16.3 Å². The maximum atomic E-state index is 12.7. The van der Waals surface area contributed by atoms with Crippen LogP contribution in [-0.4, -0.2) is 64.1 Å². The van der Waals surface area contributed by atoms with Gasteiger partial charge in [-0.15, -0.1) is 0 Å². The number of amides is 1. The van der Waals surface area contributed by atoms with E-state index in [9.17, 15) is 21.6 Å². The van der Waals surface area contributed by atoms with Crippen molar-refractivity contribution in [2.45, 2.75) is 36.0 Å². The van der Waals surface area contributed by atoms with Crippen molar-refractivity contribution in [1.82, 2.24) is 13.9 Å². The van der Waals surface area contributed by atoms with Gasteiger partial charge < -0.3 is 5.32 Å². The minimum Gasteiger partial charge on any atom is -0.355 e. The second kappa shape index (κ2) is 10.6. The van der Waals surface area contributed by atoms with Crippen molar-refractivity contribution >= 4 is 26.0 Å². The number of hydrogen-bond acceptors (Lipinski definition) is 5. The Balaban J connectivity index is 1.52. The molecule has 3 rings (SSSR count). The first-order valence-electron chi connectivity index (χ1n) is 10.7. The quantitative estimate of drug-likeness (QED) is 0.560. The van der Waals surface area contributed by atoms with E-state index in [0.717, 1.165) is 22.7 Å². The number of hydrogen-bond donors (Lipinski definition) is 1. The number of likely N-dealkylation sites (N-methyl/N-ethyl adjacent to an activating group) is 1. The lowest BCUT2D eigenvalue weighted by Gasteiger charge is -2.20. The third-order valence-electron chi connectivity index (χ3n) is 5.42. The summed E-state index contributed by atoms with van der Waals surface area (Å²) in [5.41, 5.74) is 0.884. The molecule has 1 aliphatic rings. The zero-order valence-electron chi connectivity index (χ0n) is 18.1. The first kappa shape index (κ1) is 24.4. The van der Waals surface area contributed by atoms with Gasteiger partial charge in [-0.2, -0.15) is 8.61 Å². The van der Waals surface area contributed by atoms with Crippen LogP contribution in [0.2, 0.25) is 0 Å². The van der Waals surface area contributed by atoms with Crippen LogP contribution in [0.3, 0.4) is 0 Å². The SMILES string of the molecule is CCN(CC(=O)NCCc1ccc(S(=O)(=O)N2CCCC2)cc1)S(=O)(=O)c1ccccc1. The van der Waals surface area contributed by atoms with E-state index in [0.29, 0.717) is 26.1 Å². The van der Waals surface area contributed by atoms with Crippen LogP contribution >= 0.6 is 0 Å². The summed E-state index contributed by atoms with van der Waals surface area (Å²) in [6.45, 7) is 3.04. The highest BCUT2D eigenvalue weighted by Gasteiger charge is 2.27. The van der Waals surface area contributed by atoms with Crippen molar-refractivity contribution in [1.29, 1.82) is 0 Å². The van der Waals surface area contributed by atoms with Crippen molar-refractivity contribution in [3.63, 3.8) is 0 Å². The first-order valence-corrected chi connectivity index (χ1v) is 13.5. The van der Waals surface area contributed by atoms with Gasteiger partial charge in [-0.1, -0.05) is 37.3 Å². The molecule has 2 aromatic carbocycles. The van der Waals surface area contributed by atoms with E-state index in [-0.39, 0.29) is 28.8 Å². The Morgan fingerprint density at radius 3 is 2.16 bits per heavy atom. The van der Waals surface area contributed by atoms with Gasteiger partial charge in [-0.05, 0) is 49.1 Å². The molecule has 174 valence electrons. The van der Waals surface area contributed by atoms with Crippen molar-refractivity contribution in [3.8, 4) is 0 Å². The normalized spacial score (nSPS) is 15.2. The summed E-state index contributed by atoms with van der Waals surface area (Å²) in [6.07, 6.45) is 2.28. The van der Waals surface area contributed by atoms with Crippen LogP contribution < -0.4 is 5.32 Å². The Morgan fingerprint density at radius 2 is 1.56 bits per heavy atom. The topological polar surface area (TPSA) is 104 Å². The second-order valence-corrected chi connectivity index (χ2v) is 11.5. The summed E-state index contributed by atoms with van der Waals surface area (Å²) in [6, 6.07) is 14.7. The highest BCUT2D eigenvalue weighted by atomic mass is 32.2. The van der Waals surface area contributed by atoms with Gasteiger partial charge >= 0.3 is 0 Å². The predicted molar refractivity (Wildman–Crippen MR) is 122 cm³/mol. The van der Waals surface area contributed by atoms with Gasteiger partial charge in [0, 0.05) is 26.2 Å². The summed E-state index contributed by atoms with van der Waals surface area (Å²) < 4.78 is 53.2. The molecule has 0 radical (unpaired) electrons. The fraction of sp³-hybridized carbons (Fsp3) is 0.409. The van der Waals surface area contributed by atoms with Crippen molar-refractivity contribution < 1.29 is 21.6 Å². The standard InChI is InChI=1S/C22H29N3O5S2/c1-2-24(31(27,28)20-8-4-3-5-9-20)18-22(26)23-15-14-19-10-12-21(13-11-19)32(29,30)25-16-6-7-17-25/h3-5,8-13H,2,6-7,14-18H2,1H3,(H,23,26).